The first-order chi connectivity index (χ1) is 16.7. The van der Waals surface area contributed by atoms with Crippen LogP contribution in [0.3, 0.4) is 0 Å². The van der Waals surface area contributed by atoms with Crippen LogP contribution in [0.5, 0.6) is 5.75 Å². The quantitative estimate of drug-likeness (QED) is 0.551. The molecule has 5 rings (SSSR count). The first-order valence-corrected chi connectivity index (χ1v) is 12.1. The monoisotopic (exact) mass is 461 g/mol. The Balaban J connectivity index is 1.31. The molecule has 178 valence electrons. The molecule has 0 spiro atoms. The van der Waals surface area contributed by atoms with Gasteiger partial charge in [-0.15, -0.1) is 5.10 Å². The lowest BCUT2D eigenvalue weighted by Gasteiger charge is -2.30. The van der Waals surface area contributed by atoms with E-state index in [4.69, 9.17) is 9.47 Å². The van der Waals surface area contributed by atoms with Gasteiger partial charge in [-0.2, -0.15) is 0 Å². The van der Waals surface area contributed by atoms with Gasteiger partial charge in [-0.05, 0) is 64.6 Å². The summed E-state index contributed by atoms with van der Waals surface area (Å²) in [6.45, 7) is 2.11. The Morgan fingerprint density at radius 3 is 2.71 bits per heavy atom. The van der Waals surface area contributed by atoms with Crippen LogP contribution < -0.4 is 4.74 Å². The molecule has 1 aliphatic heterocycles. The van der Waals surface area contributed by atoms with E-state index in [0.29, 0.717) is 37.7 Å². The van der Waals surface area contributed by atoms with Crippen molar-refractivity contribution in [3.05, 3.63) is 71.0 Å². The van der Waals surface area contributed by atoms with E-state index in [9.17, 15) is 4.79 Å². The van der Waals surface area contributed by atoms with Crippen LogP contribution in [0.2, 0.25) is 0 Å². The number of amides is 1. The molecular formula is C26H31N5O3. The van der Waals surface area contributed by atoms with E-state index in [1.807, 2.05) is 35.2 Å². The molecular weight excluding hydrogens is 430 g/mol. The predicted octanol–water partition coefficient (Wildman–Crippen LogP) is 4.02. The summed E-state index contributed by atoms with van der Waals surface area (Å²) in [5.74, 6) is 1.41. The van der Waals surface area contributed by atoms with Crippen molar-refractivity contribution in [2.24, 2.45) is 5.92 Å². The number of hydrogen-bond donors (Lipinski definition) is 0. The lowest BCUT2D eigenvalue weighted by Crippen LogP contribution is -2.32. The third-order valence-corrected chi connectivity index (χ3v) is 6.95. The van der Waals surface area contributed by atoms with E-state index < -0.39 is 0 Å². The van der Waals surface area contributed by atoms with Gasteiger partial charge < -0.3 is 14.4 Å². The van der Waals surface area contributed by atoms with Crippen LogP contribution in [0, 0.1) is 5.92 Å². The molecule has 1 fully saturated rings. The predicted molar refractivity (Wildman–Crippen MR) is 126 cm³/mol. The van der Waals surface area contributed by atoms with Gasteiger partial charge in [0.2, 0.25) is 0 Å². The number of aromatic nitrogens is 4. The van der Waals surface area contributed by atoms with Crippen molar-refractivity contribution in [1.82, 2.24) is 25.1 Å². The van der Waals surface area contributed by atoms with Crippen molar-refractivity contribution in [1.29, 1.82) is 0 Å². The van der Waals surface area contributed by atoms with Gasteiger partial charge in [0.05, 0.1) is 19.2 Å². The van der Waals surface area contributed by atoms with Crippen LogP contribution in [0.1, 0.15) is 65.3 Å². The third kappa shape index (κ3) is 4.97. The molecule has 2 aliphatic rings. The van der Waals surface area contributed by atoms with E-state index in [0.717, 1.165) is 16.9 Å². The first kappa shape index (κ1) is 22.5. The lowest BCUT2D eigenvalue weighted by molar-refractivity contribution is 0.0353. The molecule has 1 atom stereocenters. The van der Waals surface area contributed by atoms with Crippen molar-refractivity contribution in [2.45, 2.75) is 51.3 Å². The number of methoxy groups -OCH3 is 1. The molecule has 0 unspecified atom stereocenters. The number of carbonyl (C=O) groups is 1. The van der Waals surface area contributed by atoms with Crippen molar-refractivity contribution < 1.29 is 14.3 Å². The minimum atomic E-state index is 0.00592. The van der Waals surface area contributed by atoms with Crippen molar-refractivity contribution in [2.75, 3.05) is 20.3 Å². The van der Waals surface area contributed by atoms with E-state index in [2.05, 4.69) is 27.7 Å². The summed E-state index contributed by atoms with van der Waals surface area (Å²) in [6, 6.07) is 14.0. The number of carbonyl (C=O) groups excluding carboxylic acids is 1. The maximum absolute atomic E-state index is 13.3. The second kappa shape index (κ2) is 10.3. The minimum Gasteiger partial charge on any atom is -0.491 e. The number of hydrogen-bond acceptors (Lipinski definition) is 6. The molecule has 8 heteroatoms. The van der Waals surface area contributed by atoms with Crippen molar-refractivity contribution in [3.63, 3.8) is 0 Å². The van der Waals surface area contributed by atoms with Crippen molar-refractivity contribution in [3.8, 4) is 5.75 Å². The van der Waals surface area contributed by atoms with E-state index in [1.165, 1.54) is 37.7 Å². The summed E-state index contributed by atoms with van der Waals surface area (Å²) in [5.41, 5.74) is 3.91. The van der Waals surface area contributed by atoms with Crippen LogP contribution in [-0.2, 0) is 17.8 Å². The minimum absolute atomic E-state index is 0.00592. The SMILES string of the molecule is CO[C@@H](c1ccc2c(c1)CN(C(=O)c1ccc(Cn3cnnn3)cc1)CCO2)C1CCCCC1. The number of benzene rings is 2. The molecule has 0 bridgehead atoms. The largest absolute Gasteiger partial charge is 0.491 e. The molecule has 1 aliphatic carbocycles. The highest BCUT2D eigenvalue weighted by atomic mass is 16.5. The Morgan fingerprint density at radius 2 is 1.97 bits per heavy atom. The number of nitrogens with zero attached hydrogens (tertiary/aromatic N) is 5. The number of ether oxygens (including phenoxy) is 2. The Kier molecular flexibility index (Phi) is 6.85. The standard InChI is InChI=1S/C26H31N5O3/c1-33-25(20-5-3-2-4-6-20)22-11-12-24-23(15-22)17-30(13-14-34-24)26(32)21-9-7-19(8-10-21)16-31-18-27-28-29-31/h7-12,15,18,20,25H,2-6,13-14,16-17H2,1H3/t25-/m1/s1. The Morgan fingerprint density at radius 1 is 1.15 bits per heavy atom. The first-order valence-electron chi connectivity index (χ1n) is 12.1. The van der Waals surface area contributed by atoms with E-state index in [-0.39, 0.29) is 12.0 Å². The smallest absolute Gasteiger partial charge is 0.254 e. The Bertz CT molecular complexity index is 1090. The second-order valence-electron chi connectivity index (χ2n) is 9.20. The average Bonchev–Trinajstić information content (AvgIpc) is 3.29. The summed E-state index contributed by atoms with van der Waals surface area (Å²) >= 11 is 0. The molecule has 0 radical (unpaired) electrons. The van der Waals surface area contributed by atoms with Gasteiger partial charge in [0.1, 0.15) is 18.7 Å². The highest BCUT2D eigenvalue weighted by Crippen LogP contribution is 2.38. The summed E-state index contributed by atoms with van der Waals surface area (Å²) in [4.78, 5) is 15.2. The van der Waals surface area contributed by atoms with Gasteiger partial charge in [-0.3, -0.25) is 4.79 Å². The number of fused-ring (bicyclic) bond motifs is 1. The molecule has 8 nitrogen and oxygen atoms in total. The van der Waals surface area contributed by atoms with Gasteiger partial charge in [0, 0.05) is 24.8 Å². The Labute approximate surface area is 199 Å². The third-order valence-electron chi connectivity index (χ3n) is 6.95. The van der Waals surface area contributed by atoms with Crippen LogP contribution >= 0.6 is 0 Å². The Hall–Kier alpha value is -3.26. The summed E-state index contributed by atoms with van der Waals surface area (Å²) < 4.78 is 13.6. The van der Waals surface area contributed by atoms with Gasteiger partial charge in [0.15, 0.2) is 0 Å². The number of tetrazole rings is 1. The summed E-state index contributed by atoms with van der Waals surface area (Å²) in [6.07, 6.45) is 7.95. The molecule has 1 saturated carbocycles. The van der Waals surface area contributed by atoms with E-state index >= 15 is 0 Å². The lowest BCUT2D eigenvalue weighted by atomic mass is 9.82. The highest BCUT2D eigenvalue weighted by molar-refractivity contribution is 5.94. The van der Waals surface area contributed by atoms with Crippen LogP contribution in [0.25, 0.3) is 0 Å². The zero-order chi connectivity index (χ0) is 23.3. The second-order valence-corrected chi connectivity index (χ2v) is 9.20. The van der Waals surface area contributed by atoms with Crippen LogP contribution in [-0.4, -0.2) is 51.3 Å². The van der Waals surface area contributed by atoms with Crippen molar-refractivity contribution >= 4 is 5.91 Å². The highest BCUT2D eigenvalue weighted by Gasteiger charge is 2.27. The fourth-order valence-electron chi connectivity index (χ4n) is 5.18. The van der Waals surface area contributed by atoms with Gasteiger partial charge in [0.25, 0.3) is 5.91 Å². The summed E-state index contributed by atoms with van der Waals surface area (Å²) in [5, 5.41) is 11.2. The molecule has 34 heavy (non-hydrogen) atoms. The zero-order valence-corrected chi connectivity index (χ0v) is 19.6. The van der Waals surface area contributed by atoms with Gasteiger partial charge in [-0.25, -0.2) is 4.68 Å². The normalized spacial score (nSPS) is 17.5. The summed E-state index contributed by atoms with van der Waals surface area (Å²) in [7, 11) is 1.81. The van der Waals surface area contributed by atoms with Crippen LogP contribution in [0.15, 0.2) is 48.8 Å². The molecule has 2 aromatic carbocycles. The molecule has 3 aromatic rings. The topological polar surface area (TPSA) is 82.4 Å². The fraction of sp³-hybridized carbons (Fsp3) is 0.462. The average molecular weight is 462 g/mol. The van der Waals surface area contributed by atoms with Gasteiger partial charge >= 0.3 is 0 Å². The number of rotatable bonds is 6. The molecule has 1 aromatic heterocycles. The van der Waals surface area contributed by atoms with Crippen LogP contribution in [0.4, 0.5) is 0 Å². The van der Waals surface area contributed by atoms with Gasteiger partial charge in [-0.1, -0.05) is 37.5 Å². The molecule has 0 saturated heterocycles. The maximum atomic E-state index is 13.3. The maximum Gasteiger partial charge on any atom is 0.254 e. The van der Waals surface area contributed by atoms with E-state index in [1.54, 1.807) is 18.1 Å². The zero-order valence-electron chi connectivity index (χ0n) is 19.6. The fourth-order valence-corrected chi connectivity index (χ4v) is 5.18. The molecule has 1 amide bonds. The molecule has 2 heterocycles. The molecule has 0 N–H and O–H groups in total.